The molecule has 134 valence electrons. The number of carbonyl (C=O) groups is 1. The standard InChI is InChI=1S/C18H20N6O2/c1-12-9-19-11-24(12)7-2-5-21-18(25)14-3-6-20-17-15(14)22-16(23-17)13-4-8-26-10-13/h3-4,6,8-10,19H,2,5,7,11H2,1H3,(H,21,25)(H,20,22,23). The topological polar surface area (TPSA) is 99.1 Å². The molecule has 0 spiro atoms. The maximum Gasteiger partial charge on any atom is 0.253 e. The number of aromatic amines is 1. The second-order valence-corrected chi connectivity index (χ2v) is 6.17. The minimum absolute atomic E-state index is 0.144. The van der Waals surface area contributed by atoms with Crippen LogP contribution >= 0.6 is 0 Å². The number of H-pyrrole nitrogens is 1. The van der Waals surface area contributed by atoms with Gasteiger partial charge in [0.25, 0.3) is 5.91 Å². The summed E-state index contributed by atoms with van der Waals surface area (Å²) < 4.78 is 5.09. The third-order valence-corrected chi connectivity index (χ3v) is 4.41. The van der Waals surface area contributed by atoms with Gasteiger partial charge in [-0.15, -0.1) is 0 Å². The third kappa shape index (κ3) is 3.13. The van der Waals surface area contributed by atoms with Crippen LogP contribution in [0.2, 0.25) is 0 Å². The number of aromatic nitrogens is 3. The van der Waals surface area contributed by atoms with Crippen LogP contribution in [-0.2, 0) is 0 Å². The summed E-state index contributed by atoms with van der Waals surface area (Å²) in [7, 11) is 0. The van der Waals surface area contributed by atoms with E-state index in [2.05, 4.69) is 37.4 Å². The van der Waals surface area contributed by atoms with E-state index in [1.54, 1.807) is 30.9 Å². The first-order valence-electron chi connectivity index (χ1n) is 8.53. The minimum atomic E-state index is -0.144. The van der Waals surface area contributed by atoms with Crippen LogP contribution in [0.5, 0.6) is 0 Å². The average molecular weight is 352 g/mol. The van der Waals surface area contributed by atoms with Crippen LogP contribution in [0.3, 0.4) is 0 Å². The Morgan fingerprint density at radius 1 is 1.42 bits per heavy atom. The molecule has 0 saturated carbocycles. The largest absolute Gasteiger partial charge is 0.472 e. The first-order valence-corrected chi connectivity index (χ1v) is 8.53. The highest BCUT2D eigenvalue weighted by Gasteiger charge is 2.16. The number of nitrogens with one attached hydrogen (secondary N) is 3. The number of rotatable bonds is 6. The van der Waals surface area contributed by atoms with Gasteiger partial charge in [0.05, 0.1) is 24.1 Å². The predicted molar refractivity (Wildman–Crippen MR) is 97.0 cm³/mol. The van der Waals surface area contributed by atoms with Gasteiger partial charge in [-0.1, -0.05) is 0 Å². The number of fused-ring (bicyclic) bond motifs is 1. The highest BCUT2D eigenvalue weighted by molar-refractivity contribution is 6.04. The number of carbonyl (C=O) groups excluding carboxylic acids is 1. The summed E-state index contributed by atoms with van der Waals surface area (Å²) in [5, 5.41) is 6.15. The molecule has 8 nitrogen and oxygen atoms in total. The van der Waals surface area contributed by atoms with Gasteiger partial charge >= 0.3 is 0 Å². The van der Waals surface area contributed by atoms with Crippen LogP contribution in [0.25, 0.3) is 22.6 Å². The van der Waals surface area contributed by atoms with Crippen LogP contribution in [0.15, 0.2) is 47.2 Å². The predicted octanol–water partition coefficient (Wildman–Crippen LogP) is 2.06. The molecule has 0 saturated heterocycles. The van der Waals surface area contributed by atoms with E-state index >= 15 is 0 Å². The molecule has 3 aromatic rings. The fourth-order valence-electron chi connectivity index (χ4n) is 2.97. The first-order chi connectivity index (χ1) is 12.7. The summed E-state index contributed by atoms with van der Waals surface area (Å²) in [5.74, 6) is 0.486. The number of nitrogens with zero attached hydrogens (tertiary/aromatic N) is 3. The molecule has 3 N–H and O–H groups in total. The molecule has 0 radical (unpaired) electrons. The summed E-state index contributed by atoms with van der Waals surface area (Å²) >= 11 is 0. The number of pyridine rings is 1. The second kappa shape index (κ2) is 6.91. The molecule has 4 heterocycles. The van der Waals surface area contributed by atoms with E-state index in [1.165, 1.54) is 5.70 Å². The Hall–Kier alpha value is -3.29. The van der Waals surface area contributed by atoms with Gasteiger partial charge in [0.1, 0.15) is 17.6 Å². The summed E-state index contributed by atoms with van der Waals surface area (Å²) in [6, 6.07) is 3.50. The molecule has 0 fully saturated rings. The zero-order valence-corrected chi connectivity index (χ0v) is 14.5. The Morgan fingerprint density at radius 2 is 2.35 bits per heavy atom. The van der Waals surface area contributed by atoms with Crippen molar-refractivity contribution in [1.82, 2.24) is 30.5 Å². The molecule has 1 amide bonds. The summed E-state index contributed by atoms with van der Waals surface area (Å²) in [5.41, 5.74) is 3.69. The Bertz CT molecular complexity index is 944. The third-order valence-electron chi connectivity index (χ3n) is 4.41. The van der Waals surface area contributed by atoms with Crippen LogP contribution in [0, 0.1) is 0 Å². The number of imidazole rings is 1. The van der Waals surface area contributed by atoms with Gasteiger partial charge < -0.3 is 24.9 Å². The highest BCUT2D eigenvalue weighted by atomic mass is 16.3. The first kappa shape index (κ1) is 16.2. The molecule has 1 aliphatic heterocycles. The molecule has 0 aliphatic carbocycles. The lowest BCUT2D eigenvalue weighted by Gasteiger charge is -2.18. The summed E-state index contributed by atoms with van der Waals surface area (Å²) in [6.07, 6.45) is 7.66. The van der Waals surface area contributed by atoms with E-state index in [0.717, 1.165) is 25.2 Å². The van der Waals surface area contributed by atoms with Gasteiger partial charge in [-0.2, -0.15) is 0 Å². The lowest BCUT2D eigenvalue weighted by Crippen LogP contribution is -2.29. The molecular weight excluding hydrogens is 332 g/mol. The van der Waals surface area contributed by atoms with Crippen molar-refractivity contribution >= 4 is 17.1 Å². The molecule has 0 unspecified atom stereocenters. The number of amides is 1. The van der Waals surface area contributed by atoms with E-state index in [0.29, 0.717) is 29.1 Å². The van der Waals surface area contributed by atoms with Crippen LogP contribution < -0.4 is 10.6 Å². The van der Waals surface area contributed by atoms with E-state index in [-0.39, 0.29) is 5.91 Å². The van der Waals surface area contributed by atoms with Crippen molar-refractivity contribution in [1.29, 1.82) is 0 Å². The smallest absolute Gasteiger partial charge is 0.253 e. The maximum atomic E-state index is 12.6. The Labute approximate surface area is 150 Å². The molecule has 8 heteroatoms. The normalized spacial score (nSPS) is 13.7. The SMILES string of the molecule is CC1=CNCN1CCCNC(=O)c1ccnc2[nH]c(-c3ccoc3)nc12. The van der Waals surface area contributed by atoms with Crippen molar-refractivity contribution in [3.8, 4) is 11.4 Å². The van der Waals surface area contributed by atoms with Crippen molar-refractivity contribution in [3.63, 3.8) is 0 Å². The van der Waals surface area contributed by atoms with E-state index < -0.39 is 0 Å². The van der Waals surface area contributed by atoms with Gasteiger partial charge in [0.2, 0.25) is 0 Å². The molecular formula is C18H20N6O2. The summed E-state index contributed by atoms with van der Waals surface area (Å²) in [6.45, 7) is 4.40. The van der Waals surface area contributed by atoms with Crippen molar-refractivity contribution in [2.75, 3.05) is 19.8 Å². The van der Waals surface area contributed by atoms with Gasteiger partial charge in [-0.25, -0.2) is 9.97 Å². The maximum absolute atomic E-state index is 12.6. The molecule has 3 aromatic heterocycles. The van der Waals surface area contributed by atoms with Gasteiger partial charge in [-0.3, -0.25) is 4.79 Å². The lowest BCUT2D eigenvalue weighted by atomic mass is 10.2. The number of hydrogen-bond acceptors (Lipinski definition) is 6. The van der Waals surface area contributed by atoms with E-state index in [4.69, 9.17) is 4.42 Å². The molecule has 0 atom stereocenters. The summed E-state index contributed by atoms with van der Waals surface area (Å²) in [4.78, 5) is 26.7. The average Bonchev–Trinajstić information content (AvgIpc) is 3.38. The molecule has 4 rings (SSSR count). The number of hydrogen-bond donors (Lipinski definition) is 3. The molecule has 1 aliphatic rings. The second-order valence-electron chi connectivity index (χ2n) is 6.17. The van der Waals surface area contributed by atoms with Crippen LogP contribution in [0.4, 0.5) is 0 Å². The number of allylic oxidation sites excluding steroid dienone is 1. The zero-order valence-electron chi connectivity index (χ0n) is 14.5. The Kier molecular flexibility index (Phi) is 4.30. The van der Waals surface area contributed by atoms with Crippen LogP contribution in [0.1, 0.15) is 23.7 Å². The minimum Gasteiger partial charge on any atom is -0.472 e. The molecule has 0 bridgehead atoms. The Morgan fingerprint density at radius 3 is 3.12 bits per heavy atom. The van der Waals surface area contributed by atoms with Crippen LogP contribution in [-0.4, -0.2) is 45.5 Å². The zero-order chi connectivity index (χ0) is 17.9. The number of furan rings is 1. The van der Waals surface area contributed by atoms with E-state index in [9.17, 15) is 4.79 Å². The highest BCUT2D eigenvalue weighted by Crippen LogP contribution is 2.21. The molecule has 26 heavy (non-hydrogen) atoms. The van der Waals surface area contributed by atoms with Crippen molar-refractivity contribution in [2.45, 2.75) is 13.3 Å². The van der Waals surface area contributed by atoms with Crippen molar-refractivity contribution in [3.05, 3.63) is 48.3 Å². The quantitative estimate of drug-likeness (QED) is 0.587. The fraction of sp³-hybridized carbons (Fsp3) is 0.278. The monoisotopic (exact) mass is 352 g/mol. The fourth-order valence-corrected chi connectivity index (χ4v) is 2.97. The lowest BCUT2D eigenvalue weighted by molar-refractivity contribution is 0.0953. The van der Waals surface area contributed by atoms with Gasteiger partial charge in [0.15, 0.2) is 5.65 Å². The van der Waals surface area contributed by atoms with Crippen molar-refractivity contribution in [2.24, 2.45) is 0 Å². The van der Waals surface area contributed by atoms with Gasteiger partial charge in [-0.05, 0) is 25.5 Å². The molecule has 0 aromatic carbocycles. The van der Waals surface area contributed by atoms with Crippen molar-refractivity contribution < 1.29 is 9.21 Å². The Balaban J connectivity index is 1.42. The van der Waals surface area contributed by atoms with Gasteiger partial charge in [0, 0.05) is 31.2 Å². The van der Waals surface area contributed by atoms with E-state index in [1.807, 2.05) is 6.20 Å².